The molecule has 2 heterocycles. The van der Waals surface area contributed by atoms with E-state index in [0.29, 0.717) is 5.69 Å². The number of aliphatic carboxylic acids is 1. The lowest BCUT2D eigenvalue weighted by Crippen LogP contribution is -1.85. The topological polar surface area (TPSA) is 66.0 Å². The van der Waals surface area contributed by atoms with Crippen LogP contribution < -0.4 is 0 Å². The number of aromatic amines is 1. The van der Waals surface area contributed by atoms with Crippen molar-refractivity contribution in [2.75, 3.05) is 0 Å². The maximum absolute atomic E-state index is 10.3. The Labute approximate surface area is 89.9 Å². The minimum atomic E-state index is -0.970. The summed E-state index contributed by atoms with van der Waals surface area (Å²) in [5.74, 6) is -0.211. The van der Waals surface area contributed by atoms with Gasteiger partial charge in [0, 0.05) is 6.08 Å². The molecule has 15 heavy (non-hydrogen) atoms. The molecule has 0 aromatic carbocycles. The van der Waals surface area contributed by atoms with Crippen molar-refractivity contribution < 1.29 is 9.90 Å². The van der Waals surface area contributed by atoms with Gasteiger partial charge in [0.15, 0.2) is 0 Å². The van der Waals surface area contributed by atoms with Crippen molar-refractivity contribution >= 4 is 23.4 Å². The van der Waals surface area contributed by atoms with E-state index in [1.165, 1.54) is 6.08 Å². The van der Waals surface area contributed by atoms with Gasteiger partial charge in [0.25, 0.3) is 0 Å². The van der Waals surface area contributed by atoms with Crippen molar-refractivity contribution in [3.8, 4) is 10.7 Å². The molecule has 76 valence electrons. The molecule has 2 N–H and O–H groups in total. The van der Waals surface area contributed by atoms with Crippen molar-refractivity contribution in [2.45, 2.75) is 0 Å². The third-order valence-electron chi connectivity index (χ3n) is 1.76. The molecule has 0 radical (unpaired) electrons. The van der Waals surface area contributed by atoms with Gasteiger partial charge in [0.1, 0.15) is 5.82 Å². The molecule has 0 spiro atoms. The van der Waals surface area contributed by atoms with Crippen LogP contribution in [0.5, 0.6) is 0 Å². The Morgan fingerprint density at radius 3 is 3.13 bits per heavy atom. The fourth-order valence-corrected chi connectivity index (χ4v) is 1.80. The number of H-pyrrole nitrogens is 1. The maximum Gasteiger partial charge on any atom is 0.328 e. The molecule has 5 heteroatoms. The van der Waals surface area contributed by atoms with Gasteiger partial charge < -0.3 is 10.1 Å². The van der Waals surface area contributed by atoms with Crippen LogP contribution in [0.25, 0.3) is 16.8 Å². The molecule has 4 nitrogen and oxygen atoms in total. The van der Waals surface area contributed by atoms with E-state index >= 15 is 0 Å². The summed E-state index contributed by atoms with van der Waals surface area (Å²) in [5, 5.41) is 10.4. The highest BCUT2D eigenvalue weighted by molar-refractivity contribution is 7.13. The van der Waals surface area contributed by atoms with Crippen molar-refractivity contribution in [3.05, 3.63) is 35.5 Å². The highest BCUT2D eigenvalue weighted by Crippen LogP contribution is 2.21. The summed E-state index contributed by atoms with van der Waals surface area (Å²) in [6.45, 7) is 0. The molecule has 0 aliphatic heterocycles. The lowest BCUT2D eigenvalue weighted by atomic mass is 10.4. The number of rotatable bonds is 3. The SMILES string of the molecule is O=C(O)/C=C/c1cnc(-c2cccs2)[nH]1. The van der Waals surface area contributed by atoms with Gasteiger partial charge in [-0.2, -0.15) is 0 Å². The summed E-state index contributed by atoms with van der Waals surface area (Å²) >= 11 is 1.58. The monoisotopic (exact) mass is 220 g/mol. The lowest BCUT2D eigenvalue weighted by molar-refractivity contribution is -0.131. The number of nitrogens with zero attached hydrogens (tertiary/aromatic N) is 1. The largest absolute Gasteiger partial charge is 0.478 e. The van der Waals surface area contributed by atoms with Gasteiger partial charge in [0.2, 0.25) is 0 Å². The Morgan fingerprint density at radius 2 is 2.47 bits per heavy atom. The van der Waals surface area contributed by atoms with Crippen LogP contribution in [0.4, 0.5) is 0 Å². The average molecular weight is 220 g/mol. The van der Waals surface area contributed by atoms with Gasteiger partial charge in [-0.15, -0.1) is 11.3 Å². The van der Waals surface area contributed by atoms with E-state index in [-0.39, 0.29) is 0 Å². The number of carbonyl (C=O) groups is 1. The van der Waals surface area contributed by atoms with Crippen molar-refractivity contribution in [1.29, 1.82) is 0 Å². The summed E-state index contributed by atoms with van der Waals surface area (Å²) in [7, 11) is 0. The second kappa shape index (κ2) is 4.10. The Kier molecular flexibility index (Phi) is 2.64. The van der Waals surface area contributed by atoms with Crippen LogP contribution >= 0.6 is 11.3 Å². The lowest BCUT2D eigenvalue weighted by Gasteiger charge is -1.87. The highest BCUT2D eigenvalue weighted by Gasteiger charge is 2.02. The summed E-state index contributed by atoms with van der Waals surface area (Å²) in [4.78, 5) is 18.5. The average Bonchev–Trinajstić information content (AvgIpc) is 2.85. The maximum atomic E-state index is 10.3. The predicted molar refractivity (Wildman–Crippen MR) is 58.6 cm³/mol. The zero-order valence-electron chi connectivity index (χ0n) is 7.68. The van der Waals surface area contributed by atoms with Crippen LogP contribution in [0.1, 0.15) is 5.69 Å². The van der Waals surface area contributed by atoms with Crippen LogP contribution in [-0.4, -0.2) is 21.0 Å². The quantitative estimate of drug-likeness (QED) is 0.779. The van der Waals surface area contributed by atoms with E-state index < -0.39 is 5.97 Å². The molecule has 0 saturated heterocycles. The third-order valence-corrected chi connectivity index (χ3v) is 2.63. The van der Waals surface area contributed by atoms with Crippen molar-refractivity contribution in [3.63, 3.8) is 0 Å². The number of imidazole rings is 1. The first-order valence-electron chi connectivity index (χ1n) is 4.25. The Morgan fingerprint density at radius 1 is 1.60 bits per heavy atom. The molecule has 0 atom stereocenters. The van der Waals surface area contributed by atoms with Gasteiger partial charge in [-0.05, 0) is 17.5 Å². The Bertz CT molecular complexity index is 485. The zero-order valence-corrected chi connectivity index (χ0v) is 8.49. The van der Waals surface area contributed by atoms with E-state index in [1.54, 1.807) is 17.5 Å². The van der Waals surface area contributed by atoms with E-state index in [2.05, 4.69) is 9.97 Å². The number of carboxylic acids is 1. The molecule has 0 fully saturated rings. The number of hydrogen-bond donors (Lipinski definition) is 2. The molecule has 2 aromatic rings. The normalized spacial score (nSPS) is 10.9. The highest BCUT2D eigenvalue weighted by atomic mass is 32.1. The molecule has 0 saturated carbocycles. The molecule has 0 aliphatic carbocycles. The number of hydrogen-bond acceptors (Lipinski definition) is 3. The summed E-state index contributed by atoms with van der Waals surface area (Å²) in [6, 6.07) is 3.89. The minimum absolute atomic E-state index is 0.681. The van der Waals surface area contributed by atoms with Crippen molar-refractivity contribution in [2.24, 2.45) is 0 Å². The fourth-order valence-electron chi connectivity index (χ4n) is 1.12. The van der Waals surface area contributed by atoms with Crippen LogP contribution in [-0.2, 0) is 4.79 Å². The zero-order chi connectivity index (χ0) is 10.7. The molecule has 0 aliphatic rings. The third kappa shape index (κ3) is 2.32. The Hall–Kier alpha value is -1.88. The van der Waals surface area contributed by atoms with E-state index in [0.717, 1.165) is 16.8 Å². The summed E-state index contributed by atoms with van der Waals surface area (Å²) < 4.78 is 0. The second-order valence-corrected chi connectivity index (χ2v) is 3.78. The van der Waals surface area contributed by atoms with Gasteiger partial charge in [-0.25, -0.2) is 9.78 Å². The molecular weight excluding hydrogens is 212 g/mol. The van der Waals surface area contributed by atoms with E-state index in [9.17, 15) is 4.79 Å². The van der Waals surface area contributed by atoms with Gasteiger partial charge >= 0.3 is 5.97 Å². The summed E-state index contributed by atoms with van der Waals surface area (Å²) in [5.41, 5.74) is 0.681. The molecule has 0 unspecified atom stereocenters. The molecule has 0 bridgehead atoms. The van der Waals surface area contributed by atoms with Crippen molar-refractivity contribution in [1.82, 2.24) is 9.97 Å². The molecule has 2 rings (SSSR count). The molecule has 0 amide bonds. The van der Waals surface area contributed by atoms with E-state index in [1.807, 2.05) is 17.5 Å². The van der Waals surface area contributed by atoms with E-state index in [4.69, 9.17) is 5.11 Å². The van der Waals surface area contributed by atoms with Crippen LogP contribution in [0.15, 0.2) is 29.8 Å². The minimum Gasteiger partial charge on any atom is -0.478 e. The number of thiophene rings is 1. The predicted octanol–water partition coefficient (Wildman–Crippen LogP) is 2.24. The first kappa shape index (κ1) is 9.67. The fraction of sp³-hybridized carbons (Fsp3) is 0. The Balaban J connectivity index is 2.21. The standard InChI is InChI=1S/C10H8N2O2S/c13-9(14)4-3-7-6-11-10(12-7)8-2-1-5-15-8/h1-6H,(H,11,12)(H,13,14)/b4-3+. The van der Waals surface area contributed by atoms with Crippen LogP contribution in [0, 0.1) is 0 Å². The first-order valence-corrected chi connectivity index (χ1v) is 5.13. The smallest absolute Gasteiger partial charge is 0.328 e. The molecular formula is C10H8N2O2S. The van der Waals surface area contributed by atoms with Gasteiger partial charge in [0.05, 0.1) is 16.8 Å². The summed E-state index contributed by atoms with van der Waals surface area (Å²) in [6.07, 6.45) is 4.16. The first-order chi connectivity index (χ1) is 7.25. The van der Waals surface area contributed by atoms with Gasteiger partial charge in [-0.3, -0.25) is 0 Å². The molecule has 2 aromatic heterocycles. The van der Waals surface area contributed by atoms with Crippen LogP contribution in [0.3, 0.4) is 0 Å². The number of nitrogens with one attached hydrogen (secondary N) is 1. The number of aromatic nitrogens is 2. The number of carboxylic acid groups (broad SMARTS) is 1. The second-order valence-electron chi connectivity index (χ2n) is 2.84. The van der Waals surface area contributed by atoms with Crippen LogP contribution in [0.2, 0.25) is 0 Å². The van der Waals surface area contributed by atoms with Gasteiger partial charge in [-0.1, -0.05) is 6.07 Å².